The van der Waals surface area contributed by atoms with Crippen LogP contribution in [0.3, 0.4) is 0 Å². The Balaban J connectivity index is 2.70. The van der Waals surface area contributed by atoms with Crippen LogP contribution < -0.4 is 10.6 Å². The zero-order valence-corrected chi connectivity index (χ0v) is 11.5. The third kappa shape index (κ3) is 5.42. The molecule has 0 fully saturated rings. The Hall–Kier alpha value is -2.04. The van der Waals surface area contributed by atoms with Crippen molar-refractivity contribution in [3.05, 3.63) is 23.8 Å². The Morgan fingerprint density at radius 2 is 2.05 bits per heavy atom. The lowest BCUT2D eigenvalue weighted by Crippen LogP contribution is -2.17. The van der Waals surface area contributed by atoms with Gasteiger partial charge in [0.1, 0.15) is 0 Å². The molecule has 1 unspecified atom stereocenters. The molecule has 1 amide bonds. The number of anilines is 2. The molecule has 0 aromatic heterocycles. The molecule has 1 aromatic carbocycles. The van der Waals surface area contributed by atoms with E-state index in [4.69, 9.17) is 5.11 Å². The number of rotatable bonds is 6. The molecule has 0 bridgehead atoms. The molecule has 3 N–H and O–H groups in total. The standard InChI is InChI=1S/C14H20N2O3/c1-9-4-6-12(16-11(3)17)8-13(9)15-10(2)5-7-14(18)19/h4,6,8,10,15H,5,7H2,1-3H3,(H,16,17)(H,18,19). The van der Waals surface area contributed by atoms with Crippen LogP contribution in [0.5, 0.6) is 0 Å². The second-order valence-electron chi connectivity index (χ2n) is 4.69. The number of benzene rings is 1. The molecule has 0 aliphatic rings. The first-order valence-electron chi connectivity index (χ1n) is 6.25. The van der Waals surface area contributed by atoms with Gasteiger partial charge in [0, 0.05) is 30.8 Å². The van der Waals surface area contributed by atoms with Gasteiger partial charge in [-0.2, -0.15) is 0 Å². The minimum Gasteiger partial charge on any atom is -0.481 e. The highest BCUT2D eigenvalue weighted by Crippen LogP contribution is 2.21. The maximum absolute atomic E-state index is 11.0. The highest BCUT2D eigenvalue weighted by molar-refractivity contribution is 5.89. The largest absolute Gasteiger partial charge is 0.481 e. The SMILES string of the molecule is CC(=O)Nc1ccc(C)c(NC(C)CCC(=O)O)c1. The minimum atomic E-state index is -0.794. The molecular formula is C14H20N2O3. The van der Waals surface area contributed by atoms with Gasteiger partial charge in [0.25, 0.3) is 0 Å². The Morgan fingerprint density at radius 3 is 2.63 bits per heavy atom. The zero-order valence-electron chi connectivity index (χ0n) is 11.5. The van der Waals surface area contributed by atoms with E-state index in [0.29, 0.717) is 6.42 Å². The summed E-state index contributed by atoms with van der Waals surface area (Å²) in [7, 11) is 0. The number of carbonyl (C=O) groups excluding carboxylic acids is 1. The lowest BCUT2D eigenvalue weighted by atomic mass is 10.1. The molecule has 5 heteroatoms. The number of aliphatic carboxylic acids is 1. The van der Waals surface area contributed by atoms with E-state index in [1.54, 1.807) is 0 Å². The van der Waals surface area contributed by atoms with E-state index in [1.807, 2.05) is 32.0 Å². The molecule has 1 rings (SSSR count). The van der Waals surface area contributed by atoms with Crippen molar-refractivity contribution in [1.82, 2.24) is 0 Å². The molecule has 0 spiro atoms. The molecular weight excluding hydrogens is 244 g/mol. The maximum atomic E-state index is 11.0. The summed E-state index contributed by atoms with van der Waals surface area (Å²) >= 11 is 0. The van der Waals surface area contributed by atoms with Crippen molar-refractivity contribution in [3.8, 4) is 0 Å². The molecule has 0 aliphatic carbocycles. The minimum absolute atomic E-state index is 0.0578. The molecule has 1 aromatic rings. The van der Waals surface area contributed by atoms with Gasteiger partial charge >= 0.3 is 5.97 Å². The second kappa shape index (κ2) is 6.78. The number of hydrogen-bond acceptors (Lipinski definition) is 3. The first-order valence-corrected chi connectivity index (χ1v) is 6.25. The summed E-state index contributed by atoms with van der Waals surface area (Å²) in [5.41, 5.74) is 2.69. The molecule has 104 valence electrons. The maximum Gasteiger partial charge on any atom is 0.303 e. The van der Waals surface area contributed by atoms with E-state index >= 15 is 0 Å². The highest BCUT2D eigenvalue weighted by atomic mass is 16.4. The first-order chi connectivity index (χ1) is 8.88. The number of hydrogen-bond donors (Lipinski definition) is 3. The monoisotopic (exact) mass is 264 g/mol. The van der Waals surface area contributed by atoms with Gasteiger partial charge in [-0.3, -0.25) is 9.59 Å². The van der Waals surface area contributed by atoms with Crippen LogP contribution >= 0.6 is 0 Å². The molecule has 0 saturated carbocycles. The molecule has 0 aliphatic heterocycles. The van der Waals surface area contributed by atoms with Crippen molar-refractivity contribution in [2.45, 2.75) is 39.7 Å². The fourth-order valence-electron chi connectivity index (χ4n) is 1.74. The van der Waals surface area contributed by atoms with Crippen LogP contribution in [-0.4, -0.2) is 23.0 Å². The third-order valence-electron chi connectivity index (χ3n) is 2.75. The fourth-order valence-corrected chi connectivity index (χ4v) is 1.74. The number of aryl methyl sites for hydroxylation is 1. The van der Waals surface area contributed by atoms with Gasteiger partial charge < -0.3 is 15.7 Å². The van der Waals surface area contributed by atoms with E-state index in [9.17, 15) is 9.59 Å². The topological polar surface area (TPSA) is 78.4 Å². The first kappa shape index (κ1) is 15.0. The predicted octanol–water partition coefficient (Wildman–Crippen LogP) is 2.62. The predicted molar refractivity (Wildman–Crippen MR) is 75.4 cm³/mol. The Kier molecular flexibility index (Phi) is 5.36. The molecule has 5 nitrogen and oxygen atoms in total. The normalized spacial score (nSPS) is 11.7. The molecule has 1 atom stereocenters. The van der Waals surface area contributed by atoms with Gasteiger partial charge in [-0.1, -0.05) is 6.07 Å². The Bertz CT molecular complexity index is 472. The number of nitrogens with one attached hydrogen (secondary N) is 2. The smallest absolute Gasteiger partial charge is 0.303 e. The third-order valence-corrected chi connectivity index (χ3v) is 2.75. The van der Waals surface area contributed by atoms with Crippen molar-refractivity contribution in [2.75, 3.05) is 10.6 Å². The Labute approximate surface area is 113 Å². The van der Waals surface area contributed by atoms with Crippen LogP contribution in [0, 0.1) is 6.92 Å². The van der Waals surface area contributed by atoms with E-state index in [2.05, 4.69) is 10.6 Å². The quantitative estimate of drug-likeness (QED) is 0.738. The molecule has 0 heterocycles. The average molecular weight is 264 g/mol. The van der Waals surface area contributed by atoms with E-state index in [1.165, 1.54) is 6.92 Å². The average Bonchev–Trinajstić information content (AvgIpc) is 2.30. The summed E-state index contributed by atoms with van der Waals surface area (Å²) in [4.78, 5) is 21.5. The van der Waals surface area contributed by atoms with Crippen molar-refractivity contribution >= 4 is 23.3 Å². The van der Waals surface area contributed by atoms with Crippen LogP contribution in [-0.2, 0) is 9.59 Å². The van der Waals surface area contributed by atoms with E-state index in [-0.39, 0.29) is 18.4 Å². The van der Waals surface area contributed by atoms with Crippen LogP contribution in [0.2, 0.25) is 0 Å². The van der Waals surface area contributed by atoms with Crippen LogP contribution in [0.1, 0.15) is 32.3 Å². The van der Waals surface area contributed by atoms with Crippen LogP contribution in [0.25, 0.3) is 0 Å². The Morgan fingerprint density at radius 1 is 1.37 bits per heavy atom. The molecule has 0 radical (unpaired) electrons. The van der Waals surface area contributed by atoms with Gasteiger partial charge in [0.15, 0.2) is 0 Å². The van der Waals surface area contributed by atoms with Gasteiger partial charge in [-0.15, -0.1) is 0 Å². The van der Waals surface area contributed by atoms with Crippen molar-refractivity contribution in [1.29, 1.82) is 0 Å². The van der Waals surface area contributed by atoms with Gasteiger partial charge in [-0.05, 0) is 38.0 Å². The number of amides is 1. The summed E-state index contributed by atoms with van der Waals surface area (Å²) in [6, 6.07) is 5.66. The van der Waals surface area contributed by atoms with Gasteiger partial charge in [-0.25, -0.2) is 0 Å². The van der Waals surface area contributed by atoms with Crippen molar-refractivity contribution < 1.29 is 14.7 Å². The zero-order chi connectivity index (χ0) is 14.4. The summed E-state index contributed by atoms with van der Waals surface area (Å²) < 4.78 is 0. The number of carboxylic acids is 1. The van der Waals surface area contributed by atoms with Crippen molar-refractivity contribution in [3.63, 3.8) is 0 Å². The lowest BCUT2D eigenvalue weighted by molar-refractivity contribution is -0.137. The van der Waals surface area contributed by atoms with Crippen LogP contribution in [0.15, 0.2) is 18.2 Å². The molecule has 0 saturated heterocycles. The summed E-state index contributed by atoms with van der Waals surface area (Å²) in [5, 5.41) is 14.6. The van der Waals surface area contributed by atoms with E-state index < -0.39 is 5.97 Å². The highest BCUT2D eigenvalue weighted by Gasteiger charge is 2.08. The van der Waals surface area contributed by atoms with Gasteiger partial charge in [0.2, 0.25) is 5.91 Å². The van der Waals surface area contributed by atoms with Gasteiger partial charge in [0.05, 0.1) is 0 Å². The lowest BCUT2D eigenvalue weighted by Gasteiger charge is -2.17. The van der Waals surface area contributed by atoms with Crippen LogP contribution in [0.4, 0.5) is 11.4 Å². The molecule has 19 heavy (non-hydrogen) atoms. The number of carbonyl (C=O) groups is 2. The summed E-state index contributed by atoms with van der Waals surface area (Å²) in [6.07, 6.45) is 0.692. The summed E-state index contributed by atoms with van der Waals surface area (Å²) in [6.45, 7) is 5.36. The summed E-state index contributed by atoms with van der Waals surface area (Å²) in [5.74, 6) is -0.911. The number of carboxylic acid groups (broad SMARTS) is 1. The second-order valence-corrected chi connectivity index (χ2v) is 4.69. The van der Waals surface area contributed by atoms with Crippen molar-refractivity contribution in [2.24, 2.45) is 0 Å². The fraction of sp³-hybridized carbons (Fsp3) is 0.429. The van der Waals surface area contributed by atoms with E-state index in [0.717, 1.165) is 16.9 Å².